The molecule has 6 nitrogen and oxygen atoms in total. The van der Waals surface area contributed by atoms with E-state index in [1.165, 1.54) is 0 Å². The van der Waals surface area contributed by atoms with Crippen LogP contribution in [-0.4, -0.2) is 54.7 Å². The molecule has 2 fully saturated rings. The van der Waals surface area contributed by atoms with Gasteiger partial charge in [-0.1, -0.05) is 42.0 Å². The molecular formula is C21H25ClN2O4. The molecule has 1 aromatic rings. The van der Waals surface area contributed by atoms with Crippen LogP contribution in [0, 0.1) is 11.8 Å². The molecule has 7 heteroatoms. The molecule has 0 aliphatic carbocycles. The van der Waals surface area contributed by atoms with Crippen molar-refractivity contribution in [2.24, 2.45) is 11.8 Å². The Kier molecular flexibility index (Phi) is 5.45. The fraction of sp³-hybridized carbons (Fsp3) is 0.524. The number of benzene rings is 1. The number of halogens is 1. The third-order valence-electron chi connectivity index (χ3n) is 5.77. The second kappa shape index (κ2) is 7.85. The highest BCUT2D eigenvalue weighted by molar-refractivity contribution is 6.31. The van der Waals surface area contributed by atoms with Gasteiger partial charge in [-0.2, -0.15) is 0 Å². The minimum Gasteiger partial charge on any atom is -0.382 e. The Hall–Kier alpha value is -1.89. The summed E-state index contributed by atoms with van der Waals surface area (Å²) < 4.78 is 11.4. The second-order valence-corrected chi connectivity index (χ2v) is 7.93. The van der Waals surface area contributed by atoms with Crippen molar-refractivity contribution in [2.45, 2.75) is 31.6 Å². The summed E-state index contributed by atoms with van der Waals surface area (Å²) in [5.74, 6) is -1.12. The number of hydrogen-bond acceptors (Lipinski definition) is 4. The minimum absolute atomic E-state index is 0.0405. The number of nitrogens with zero attached hydrogens (tertiary/aromatic N) is 1. The highest BCUT2D eigenvalue weighted by Gasteiger charge is 2.66. The summed E-state index contributed by atoms with van der Waals surface area (Å²) in [5.41, 5.74) is 0.195. The van der Waals surface area contributed by atoms with Gasteiger partial charge in [0.15, 0.2) is 0 Å². The average Bonchev–Trinajstić information content (AvgIpc) is 3.32. The largest absolute Gasteiger partial charge is 0.382 e. The summed E-state index contributed by atoms with van der Waals surface area (Å²) in [4.78, 5) is 27.8. The molecule has 3 heterocycles. The molecule has 0 saturated carbocycles. The Morgan fingerprint density at radius 3 is 3.04 bits per heavy atom. The Balaban J connectivity index is 1.45. The number of ether oxygens (including phenoxy) is 2. The van der Waals surface area contributed by atoms with Gasteiger partial charge in [-0.15, -0.1) is 0 Å². The van der Waals surface area contributed by atoms with E-state index in [4.69, 9.17) is 21.1 Å². The fourth-order valence-electron chi connectivity index (χ4n) is 4.49. The van der Waals surface area contributed by atoms with Crippen LogP contribution in [0.15, 0.2) is 36.4 Å². The Morgan fingerprint density at radius 2 is 2.25 bits per heavy atom. The Labute approximate surface area is 169 Å². The predicted octanol–water partition coefficient (Wildman–Crippen LogP) is 2.16. The maximum atomic E-state index is 13.2. The van der Waals surface area contributed by atoms with E-state index in [2.05, 4.69) is 5.32 Å². The first-order valence-electron chi connectivity index (χ1n) is 9.80. The van der Waals surface area contributed by atoms with Crippen LogP contribution in [-0.2, 0) is 25.6 Å². The number of amides is 2. The number of carbonyl (C=O) groups is 2. The molecule has 4 rings (SSSR count). The number of hydrogen-bond donors (Lipinski definition) is 1. The standard InChI is InChI=1S/C21H25ClN2O4/c1-2-27-11-5-10-23-19(25)17-16-8-9-21(28-16)13-24(20(26)18(17)21)12-14-6-3-4-7-15(14)22/h3-4,6-9,16-18H,2,5,10-13H2,1H3,(H,23,25)/t16-,17?,18-,21?/m0/s1. The first-order chi connectivity index (χ1) is 13.6. The maximum Gasteiger partial charge on any atom is 0.230 e. The van der Waals surface area contributed by atoms with Crippen LogP contribution in [0.2, 0.25) is 5.02 Å². The van der Waals surface area contributed by atoms with E-state index in [-0.39, 0.29) is 17.9 Å². The maximum absolute atomic E-state index is 13.2. The van der Waals surface area contributed by atoms with Crippen LogP contribution in [0.3, 0.4) is 0 Å². The lowest BCUT2D eigenvalue weighted by Gasteiger charge is -2.23. The molecule has 4 atom stereocenters. The van der Waals surface area contributed by atoms with E-state index in [1.807, 2.05) is 43.3 Å². The molecular weight excluding hydrogens is 380 g/mol. The van der Waals surface area contributed by atoms with Crippen molar-refractivity contribution in [3.8, 4) is 0 Å². The van der Waals surface area contributed by atoms with Crippen molar-refractivity contribution < 1.29 is 19.1 Å². The smallest absolute Gasteiger partial charge is 0.230 e. The van der Waals surface area contributed by atoms with Gasteiger partial charge in [0.1, 0.15) is 5.60 Å². The second-order valence-electron chi connectivity index (χ2n) is 7.53. The van der Waals surface area contributed by atoms with Crippen LogP contribution in [0.5, 0.6) is 0 Å². The van der Waals surface area contributed by atoms with Crippen molar-refractivity contribution in [2.75, 3.05) is 26.3 Å². The lowest BCUT2D eigenvalue weighted by atomic mass is 9.77. The van der Waals surface area contributed by atoms with Gasteiger partial charge in [-0.05, 0) is 25.0 Å². The Morgan fingerprint density at radius 1 is 1.43 bits per heavy atom. The van der Waals surface area contributed by atoms with Crippen LogP contribution in [0.25, 0.3) is 0 Å². The number of carbonyl (C=O) groups excluding carboxylic acids is 2. The van der Waals surface area contributed by atoms with Gasteiger partial charge < -0.3 is 19.7 Å². The quantitative estimate of drug-likeness (QED) is 0.532. The van der Waals surface area contributed by atoms with Crippen molar-refractivity contribution in [1.29, 1.82) is 0 Å². The number of nitrogens with one attached hydrogen (secondary N) is 1. The summed E-state index contributed by atoms with van der Waals surface area (Å²) in [6.45, 7) is 4.61. The van der Waals surface area contributed by atoms with Gasteiger partial charge in [-0.3, -0.25) is 9.59 Å². The van der Waals surface area contributed by atoms with Crippen molar-refractivity contribution >= 4 is 23.4 Å². The summed E-state index contributed by atoms with van der Waals surface area (Å²) in [6, 6.07) is 7.50. The minimum atomic E-state index is -0.698. The van der Waals surface area contributed by atoms with Gasteiger partial charge in [-0.25, -0.2) is 0 Å². The zero-order valence-electron chi connectivity index (χ0n) is 15.9. The van der Waals surface area contributed by atoms with Crippen LogP contribution >= 0.6 is 11.6 Å². The van der Waals surface area contributed by atoms with Crippen molar-refractivity contribution in [1.82, 2.24) is 10.2 Å². The fourth-order valence-corrected chi connectivity index (χ4v) is 4.69. The van der Waals surface area contributed by atoms with Gasteiger partial charge in [0, 0.05) is 31.3 Å². The molecule has 2 amide bonds. The van der Waals surface area contributed by atoms with E-state index in [0.717, 1.165) is 12.0 Å². The lowest BCUT2D eigenvalue weighted by Crippen LogP contribution is -2.44. The molecule has 28 heavy (non-hydrogen) atoms. The lowest BCUT2D eigenvalue weighted by molar-refractivity contribution is -0.137. The molecule has 3 aliphatic heterocycles. The van der Waals surface area contributed by atoms with Crippen LogP contribution in [0.1, 0.15) is 18.9 Å². The SMILES string of the molecule is CCOCCCNC(=O)C1[C@@H]2C=CC3(CN(Cc4ccccc4Cl)C(=O)[C@H]13)O2. The molecule has 3 aliphatic rings. The van der Waals surface area contributed by atoms with Crippen molar-refractivity contribution in [3.05, 3.63) is 47.0 Å². The summed E-state index contributed by atoms with van der Waals surface area (Å²) in [7, 11) is 0. The molecule has 1 aromatic carbocycles. The van der Waals surface area contributed by atoms with E-state index in [0.29, 0.717) is 37.9 Å². The highest BCUT2D eigenvalue weighted by Crippen LogP contribution is 2.52. The van der Waals surface area contributed by atoms with E-state index >= 15 is 0 Å². The Bertz CT molecular complexity index is 798. The first-order valence-corrected chi connectivity index (χ1v) is 10.2. The van der Waals surface area contributed by atoms with Gasteiger partial charge in [0.2, 0.25) is 11.8 Å². The molecule has 2 bridgehead atoms. The summed E-state index contributed by atoms with van der Waals surface area (Å²) in [5, 5.41) is 3.58. The molecule has 1 spiro atoms. The van der Waals surface area contributed by atoms with Crippen LogP contribution in [0.4, 0.5) is 0 Å². The zero-order valence-corrected chi connectivity index (χ0v) is 16.7. The number of likely N-dealkylation sites (tertiary alicyclic amines) is 1. The molecule has 2 saturated heterocycles. The van der Waals surface area contributed by atoms with E-state index in [1.54, 1.807) is 4.90 Å². The first kappa shape index (κ1) is 19.4. The molecule has 0 aromatic heterocycles. The monoisotopic (exact) mass is 404 g/mol. The molecule has 1 N–H and O–H groups in total. The van der Waals surface area contributed by atoms with Gasteiger partial charge in [0.25, 0.3) is 0 Å². The van der Waals surface area contributed by atoms with Gasteiger partial charge >= 0.3 is 0 Å². The van der Waals surface area contributed by atoms with E-state index < -0.39 is 17.4 Å². The third kappa shape index (κ3) is 3.34. The topological polar surface area (TPSA) is 67.9 Å². The predicted molar refractivity (Wildman–Crippen MR) is 105 cm³/mol. The van der Waals surface area contributed by atoms with Crippen molar-refractivity contribution in [3.63, 3.8) is 0 Å². The average molecular weight is 405 g/mol. The summed E-state index contributed by atoms with van der Waals surface area (Å²) in [6.07, 6.45) is 4.30. The van der Waals surface area contributed by atoms with Gasteiger partial charge in [0.05, 0.1) is 24.5 Å². The number of rotatable bonds is 8. The molecule has 2 unspecified atom stereocenters. The highest BCUT2D eigenvalue weighted by atomic mass is 35.5. The zero-order chi connectivity index (χ0) is 19.7. The normalized spacial score (nSPS) is 30.1. The number of fused-ring (bicyclic) bond motifs is 1. The summed E-state index contributed by atoms with van der Waals surface area (Å²) >= 11 is 6.26. The molecule has 150 valence electrons. The third-order valence-corrected chi connectivity index (χ3v) is 6.14. The molecule has 0 radical (unpaired) electrons. The van der Waals surface area contributed by atoms with Crippen LogP contribution < -0.4 is 5.32 Å². The van der Waals surface area contributed by atoms with E-state index in [9.17, 15) is 9.59 Å².